The van der Waals surface area contributed by atoms with Gasteiger partial charge in [-0.2, -0.15) is 0 Å². The van der Waals surface area contributed by atoms with Crippen LogP contribution in [0.2, 0.25) is 0 Å². The van der Waals surface area contributed by atoms with Crippen molar-refractivity contribution in [3.8, 4) is 5.75 Å². The number of β-amino-alcohol motifs (C(OH)–C–C–N with tert-alkyl or cyclic N) is 1. The molecular weight excluding hydrogens is 297 g/mol. The second kappa shape index (κ2) is 9.21. The van der Waals surface area contributed by atoms with Gasteiger partial charge in [-0.1, -0.05) is 13.8 Å². The normalized spacial score (nSPS) is 23.7. The fourth-order valence-electron chi connectivity index (χ4n) is 3.26. The number of likely N-dealkylation sites (tertiary alicyclic amines) is 1. The average Bonchev–Trinajstić information content (AvgIpc) is 2.47. The molecule has 130 valence electrons. The number of aliphatic hydroxyl groups excluding tert-OH is 1. The molecule has 1 N–H and O–H groups in total. The van der Waals surface area contributed by atoms with Crippen LogP contribution in [0.3, 0.4) is 0 Å². The quantitative estimate of drug-likeness (QED) is 0.746. The maximum absolute atomic E-state index is 12.7. The number of hydrogen-bond donors (Lipinski definition) is 1. The van der Waals surface area contributed by atoms with E-state index in [4.69, 9.17) is 9.47 Å². The minimum absolute atomic E-state index is 0.280. The second-order valence-electron chi connectivity index (χ2n) is 6.70. The number of aliphatic hydroxyl groups is 1. The molecule has 1 aromatic rings. The van der Waals surface area contributed by atoms with E-state index in [1.54, 1.807) is 12.1 Å². The van der Waals surface area contributed by atoms with Gasteiger partial charge in [-0.05, 0) is 42.5 Å². The van der Waals surface area contributed by atoms with Crippen molar-refractivity contribution in [1.82, 2.24) is 4.90 Å². The van der Waals surface area contributed by atoms with Crippen molar-refractivity contribution in [1.29, 1.82) is 0 Å². The SMILES string of the molecule is C[C@@H]1C[C@@H](C)CN(C[C@@H](O)COCCOc2ccc(F)cc2)C1. The van der Waals surface area contributed by atoms with Gasteiger partial charge in [0.2, 0.25) is 0 Å². The highest BCUT2D eigenvalue weighted by Crippen LogP contribution is 2.20. The van der Waals surface area contributed by atoms with E-state index in [1.165, 1.54) is 18.6 Å². The maximum Gasteiger partial charge on any atom is 0.123 e. The first-order valence-electron chi connectivity index (χ1n) is 8.39. The molecule has 1 aromatic carbocycles. The van der Waals surface area contributed by atoms with Crippen LogP contribution in [0.15, 0.2) is 24.3 Å². The van der Waals surface area contributed by atoms with Crippen LogP contribution >= 0.6 is 0 Å². The Bertz CT molecular complexity index is 444. The highest BCUT2D eigenvalue weighted by Gasteiger charge is 2.23. The van der Waals surface area contributed by atoms with Crippen LogP contribution in [0.1, 0.15) is 20.3 Å². The summed E-state index contributed by atoms with van der Waals surface area (Å²) in [5.41, 5.74) is 0. The third kappa shape index (κ3) is 6.85. The molecule has 1 fully saturated rings. The van der Waals surface area contributed by atoms with E-state index >= 15 is 0 Å². The monoisotopic (exact) mass is 325 g/mol. The van der Waals surface area contributed by atoms with Crippen molar-refractivity contribution in [2.45, 2.75) is 26.4 Å². The van der Waals surface area contributed by atoms with E-state index in [9.17, 15) is 9.50 Å². The molecule has 0 saturated carbocycles. The van der Waals surface area contributed by atoms with E-state index in [2.05, 4.69) is 18.7 Å². The Balaban J connectivity index is 1.56. The Labute approximate surface area is 138 Å². The van der Waals surface area contributed by atoms with Crippen molar-refractivity contribution in [2.75, 3.05) is 39.5 Å². The van der Waals surface area contributed by atoms with E-state index in [-0.39, 0.29) is 5.82 Å². The molecule has 1 aliphatic heterocycles. The molecule has 4 nitrogen and oxygen atoms in total. The van der Waals surface area contributed by atoms with Crippen LogP contribution in [0, 0.1) is 17.7 Å². The van der Waals surface area contributed by atoms with Gasteiger partial charge in [-0.25, -0.2) is 4.39 Å². The van der Waals surface area contributed by atoms with Crippen molar-refractivity contribution < 1.29 is 19.0 Å². The predicted molar refractivity (Wildman–Crippen MR) is 88.1 cm³/mol. The molecule has 0 radical (unpaired) electrons. The van der Waals surface area contributed by atoms with Gasteiger partial charge in [0.1, 0.15) is 18.2 Å². The van der Waals surface area contributed by atoms with Crippen molar-refractivity contribution in [3.05, 3.63) is 30.1 Å². The summed E-state index contributed by atoms with van der Waals surface area (Å²) in [7, 11) is 0. The number of benzene rings is 1. The van der Waals surface area contributed by atoms with Crippen LogP contribution in [0.4, 0.5) is 4.39 Å². The molecule has 5 heteroatoms. The Kier molecular flexibility index (Phi) is 7.27. The lowest BCUT2D eigenvalue weighted by Gasteiger charge is -2.35. The van der Waals surface area contributed by atoms with E-state index < -0.39 is 6.10 Å². The summed E-state index contributed by atoms with van der Waals surface area (Å²) in [5, 5.41) is 10.1. The molecule has 0 amide bonds. The van der Waals surface area contributed by atoms with Gasteiger partial charge in [-0.15, -0.1) is 0 Å². The molecular formula is C18H28FNO3. The Hall–Kier alpha value is -1.17. The molecule has 2 rings (SSSR count). The second-order valence-corrected chi connectivity index (χ2v) is 6.70. The van der Waals surface area contributed by atoms with Gasteiger partial charge in [-0.3, -0.25) is 0 Å². The Morgan fingerprint density at radius 2 is 1.83 bits per heavy atom. The van der Waals surface area contributed by atoms with Gasteiger partial charge < -0.3 is 19.5 Å². The highest BCUT2D eigenvalue weighted by atomic mass is 19.1. The molecule has 0 aromatic heterocycles. The van der Waals surface area contributed by atoms with Gasteiger partial charge in [0.25, 0.3) is 0 Å². The standard InChI is InChI=1S/C18H28FNO3/c1-14-9-15(2)11-20(10-14)12-17(21)13-22-7-8-23-18-5-3-16(19)4-6-18/h3-6,14-15,17,21H,7-13H2,1-2H3/t14-,15-,17-/m1/s1. The van der Waals surface area contributed by atoms with Crippen molar-refractivity contribution in [3.63, 3.8) is 0 Å². The number of hydrogen-bond acceptors (Lipinski definition) is 4. The zero-order valence-corrected chi connectivity index (χ0v) is 14.1. The molecule has 0 bridgehead atoms. The van der Waals surface area contributed by atoms with Crippen LogP contribution in [0.5, 0.6) is 5.75 Å². The smallest absolute Gasteiger partial charge is 0.123 e. The number of ether oxygens (including phenoxy) is 2. The van der Waals surface area contributed by atoms with E-state index in [1.807, 2.05) is 0 Å². The first-order valence-corrected chi connectivity index (χ1v) is 8.39. The van der Waals surface area contributed by atoms with Gasteiger partial charge in [0, 0.05) is 19.6 Å². The third-order valence-corrected chi connectivity index (χ3v) is 4.03. The summed E-state index contributed by atoms with van der Waals surface area (Å²) in [4.78, 5) is 2.32. The maximum atomic E-state index is 12.7. The molecule has 1 aliphatic rings. The lowest BCUT2D eigenvalue weighted by Crippen LogP contribution is -2.43. The topological polar surface area (TPSA) is 41.9 Å². The van der Waals surface area contributed by atoms with E-state index in [0.29, 0.717) is 44.0 Å². The number of halogens is 1. The van der Waals surface area contributed by atoms with E-state index in [0.717, 1.165) is 13.1 Å². The lowest BCUT2D eigenvalue weighted by molar-refractivity contribution is -0.00211. The van der Waals surface area contributed by atoms with Gasteiger partial charge in [0.05, 0.1) is 19.3 Å². The molecule has 1 saturated heterocycles. The van der Waals surface area contributed by atoms with Crippen LogP contribution in [-0.4, -0.2) is 55.6 Å². The molecule has 3 atom stereocenters. The zero-order chi connectivity index (χ0) is 16.7. The van der Waals surface area contributed by atoms with Crippen molar-refractivity contribution in [2.24, 2.45) is 11.8 Å². The summed E-state index contributed by atoms with van der Waals surface area (Å²) in [6.07, 6.45) is 0.794. The average molecular weight is 325 g/mol. The molecule has 0 unspecified atom stereocenters. The van der Waals surface area contributed by atoms with Crippen LogP contribution in [-0.2, 0) is 4.74 Å². The first kappa shape index (κ1) is 18.2. The lowest BCUT2D eigenvalue weighted by atomic mass is 9.92. The minimum Gasteiger partial charge on any atom is -0.491 e. The highest BCUT2D eigenvalue weighted by molar-refractivity contribution is 5.21. The molecule has 0 aliphatic carbocycles. The number of nitrogens with zero attached hydrogens (tertiary/aromatic N) is 1. The van der Waals surface area contributed by atoms with Crippen molar-refractivity contribution >= 4 is 0 Å². The summed E-state index contributed by atoms with van der Waals surface area (Å²) < 4.78 is 23.6. The third-order valence-electron chi connectivity index (χ3n) is 4.03. The largest absolute Gasteiger partial charge is 0.491 e. The number of rotatable bonds is 8. The summed E-state index contributed by atoms with van der Waals surface area (Å²) in [6, 6.07) is 5.90. The number of piperidine rings is 1. The Morgan fingerprint density at radius 1 is 1.17 bits per heavy atom. The predicted octanol–water partition coefficient (Wildman–Crippen LogP) is 2.56. The fourth-order valence-corrected chi connectivity index (χ4v) is 3.26. The fraction of sp³-hybridized carbons (Fsp3) is 0.667. The van der Waals surface area contributed by atoms with Crippen LogP contribution < -0.4 is 4.74 Å². The summed E-state index contributed by atoms with van der Waals surface area (Å²) >= 11 is 0. The summed E-state index contributed by atoms with van der Waals surface area (Å²) in [5.74, 6) is 1.72. The van der Waals surface area contributed by atoms with Gasteiger partial charge in [0.15, 0.2) is 0 Å². The zero-order valence-electron chi connectivity index (χ0n) is 14.1. The van der Waals surface area contributed by atoms with Gasteiger partial charge >= 0.3 is 0 Å². The minimum atomic E-state index is -0.474. The molecule has 1 heterocycles. The Morgan fingerprint density at radius 3 is 2.48 bits per heavy atom. The summed E-state index contributed by atoms with van der Waals surface area (Å²) in [6.45, 7) is 8.39. The molecule has 0 spiro atoms. The van der Waals surface area contributed by atoms with Crippen LogP contribution in [0.25, 0.3) is 0 Å². The first-order chi connectivity index (χ1) is 11.0. The molecule has 23 heavy (non-hydrogen) atoms.